The molecular weight excluding hydrogens is 225 g/mol. The van der Waals surface area contributed by atoms with Gasteiger partial charge in [0.05, 0.1) is 0 Å². The zero-order chi connectivity index (χ0) is 12.3. The van der Waals surface area contributed by atoms with Gasteiger partial charge in [-0.1, -0.05) is 0 Å². The number of phenolic OH excluding ortho intramolecular Hbond substituents is 1. The molecular formula is C9H11F3N2O2. The largest absolute Gasteiger partial charge is 0.573 e. The van der Waals surface area contributed by atoms with E-state index in [1.54, 1.807) is 0 Å². The van der Waals surface area contributed by atoms with Crippen molar-refractivity contribution in [2.45, 2.75) is 12.4 Å². The number of hydrogen-bond donors (Lipinski definition) is 3. The Hall–Kier alpha value is -1.47. The quantitative estimate of drug-likeness (QED) is 0.737. The van der Waals surface area contributed by atoms with Crippen LogP contribution in [0.3, 0.4) is 0 Å². The van der Waals surface area contributed by atoms with Crippen LogP contribution in [0.4, 0.5) is 13.2 Å². The van der Waals surface area contributed by atoms with Gasteiger partial charge >= 0.3 is 6.36 Å². The third-order valence-corrected chi connectivity index (χ3v) is 1.87. The number of halogens is 3. The van der Waals surface area contributed by atoms with Gasteiger partial charge in [0.15, 0.2) is 0 Å². The Morgan fingerprint density at radius 3 is 2.50 bits per heavy atom. The number of alkyl halides is 3. The maximum Gasteiger partial charge on any atom is 0.573 e. The maximum atomic E-state index is 12.0. The molecule has 7 heteroatoms. The summed E-state index contributed by atoms with van der Waals surface area (Å²) in [6, 6.07) is 2.34. The van der Waals surface area contributed by atoms with E-state index in [-0.39, 0.29) is 17.9 Å². The molecule has 0 amide bonds. The Bertz CT molecular complexity index is 368. The van der Waals surface area contributed by atoms with Crippen molar-refractivity contribution in [2.24, 2.45) is 11.5 Å². The first-order valence-electron chi connectivity index (χ1n) is 4.38. The number of ether oxygens (including phenoxy) is 1. The Balaban J connectivity index is 3.07. The lowest BCUT2D eigenvalue weighted by Crippen LogP contribution is -2.24. The second-order valence-electron chi connectivity index (χ2n) is 3.11. The van der Waals surface area contributed by atoms with Crippen LogP contribution in [-0.4, -0.2) is 18.0 Å². The van der Waals surface area contributed by atoms with Crippen LogP contribution in [0.25, 0.3) is 0 Å². The molecule has 0 bridgehead atoms. The summed E-state index contributed by atoms with van der Waals surface area (Å²) >= 11 is 0. The Labute approximate surface area is 89.6 Å². The maximum absolute atomic E-state index is 12.0. The molecule has 16 heavy (non-hydrogen) atoms. The molecule has 1 atom stereocenters. The van der Waals surface area contributed by atoms with Gasteiger partial charge in [-0.15, -0.1) is 13.2 Å². The fourth-order valence-corrected chi connectivity index (χ4v) is 1.17. The zero-order valence-electron chi connectivity index (χ0n) is 8.16. The first-order chi connectivity index (χ1) is 7.33. The van der Waals surface area contributed by atoms with Crippen molar-refractivity contribution in [1.82, 2.24) is 0 Å². The van der Waals surface area contributed by atoms with Crippen molar-refractivity contribution in [3.63, 3.8) is 0 Å². The van der Waals surface area contributed by atoms with E-state index in [9.17, 15) is 13.2 Å². The molecule has 0 aliphatic heterocycles. The van der Waals surface area contributed by atoms with Crippen molar-refractivity contribution < 1.29 is 23.0 Å². The van der Waals surface area contributed by atoms with Crippen LogP contribution >= 0.6 is 0 Å². The molecule has 0 saturated heterocycles. The minimum Gasteiger partial charge on any atom is -0.508 e. The summed E-state index contributed by atoms with van der Waals surface area (Å²) in [5, 5.41) is 9.15. The number of aromatic hydroxyl groups is 1. The van der Waals surface area contributed by atoms with Crippen molar-refractivity contribution in [1.29, 1.82) is 0 Å². The molecule has 4 nitrogen and oxygen atoms in total. The highest BCUT2D eigenvalue weighted by atomic mass is 19.4. The van der Waals surface area contributed by atoms with E-state index in [1.165, 1.54) is 0 Å². The van der Waals surface area contributed by atoms with E-state index in [2.05, 4.69) is 4.74 Å². The summed E-state index contributed by atoms with van der Waals surface area (Å²) in [4.78, 5) is 0. The third-order valence-electron chi connectivity index (χ3n) is 1.87. The number of hydrogen-bond acceptors (Lipinski definition) is 4. The number of rotatable bonds is 3. The summed E-state index contributed by atoms with van der Waals surface area (Å²) in [5.41, 5.74) is 10.8. The molecule has 0 fully saturated rings. The van der Waals surface area contributed by atoms with Gasteiger partial charge in [-0.3, -0.25) is 0 Å². The van der Waals surface area contributed by atoms with Gasteiger partial charge < -0.3 is 21.3 Å². The molecule has 5 N–H and O–H groups in total. The summed E-state index contributed by atoms with van der Waals surface area (Å²) < 4.78 is 39.9. The molecule has 90 valence electrons. The third kappa shape index (κ3) is 3.28. The van der Waals surface area contributed by atoms with Crippen LogP contribution < -0.4 is 16.2 Å². The molecule has 1 rings (SSSR count). The number of benzene rings is 1. The van der Waals surface area contributed by atoms with E-state index < -0.39 is 18.2 Å². The normalized spacial score (nSPS) is 13.6. The standard InChI is InChI=1S/C9H11F3N2O2/c10-9(11,12)16-8-2-1-5(15)3-6(8)7(14)4-13/h1-3,7,15H,4,13-14H2/t7-/m0/s1. The Morgan fingerprint density at radius 1 is 1.38 bits per heavy atom. The number of phenols is 1. The van der Waals surface area contributed by atoms with Gasteiger partial charge in [-0.05, 0) is 18.2 Å². The molecule has 0 spiro atoms. The van der Waals surface area contributed by atoms with Crippen molar-refractivity contribution in [3.05, 3.63) is 23.8 Å². The van der Waals surface area contributed by atoms with Crippen LogP contribution in [0, 0.1) is 0 Å². The van der Waals surface area contributed by atoms with Gasteiger partial charge in [-0.2, -0.15) is 0 Å². The van der Waals surface area contributed by atoms with E-state index in [0.717, 1.165) is 18.2 Å². The van der Waals surface area contributed by atoms with Gasteiger partial charge in [0.25, 0.3) is 0 Å². The molecule has 0 radical (unpaired) electrons. The molecule has 0 aromatic heterocycles. The van der Waals surface area contributed by atoms with Crippen LogP contribution in [0.15, 0.2) is 18.2 Å². The SMILES string of the molecule is NC[C@H](N)c1cc(O)ccc1OC(F)(F)F. The number of nitrogens with two attached hydrogens (primary N) is 2. The summed E-state index contributed by atoms with van der Waals surface area (Å²) in [5.74, 6) is -0.656. The highest BCUT2D eigenvalue weighted by Crippen LogP contribution is 2.31. The highest BCUT2D eigenvalue weighted by molar-refractivity contribution is 5.41. The minimum atomic E-state index is -4.81. The molecule has 0 unspecified atom stereocenters. The molecule has 1 aromatic rings. The second kappa shape index (κ2) is 4.58. The summed E-state index contributed by atoms with van der Waals surface area (Å²) in [7, 11) is 0. The lowest BCUT2D eigenvalue weighted by Gasteiger charge is -2.16. The predicted molar refractivity (Wildman–Crippen MR) is 50.8 cm³/mol. The lowest BCUT2D eigenvalue weighted by molar-refractivity contribution is -0.275. The van der Waals surface area contributed by atoms with Gasteiger partial charge in [0.2, 0.25) is 0 Å². The van der Waals surface area contributed by atoms with Crippen molar-refractivity contribution in [2.75, 3.05) is 6.54 Å². The van der Waals surface area contributed by atoms with Gasteiger partial charge in [0.1, 0.15) is 11.5 Å². The van der Waals surface area contributed by atoms with Crippen LogP contribution in [0.1, 0.15) is 11.6 Å². The molecule has 1 aromatic carbocycles. The fraction of sp³-hybridized carbons (Fsp3) is 0.333. The van der Waals surface area contributed by atoms with Crippen molar-refractivity contribution in [3.8, 4) is 11.5 Å². The van der Waals surface area contributed by atoms with Crippen LogP contribution in [0.5, 0.6) is 11.5 Å². The second-order valence-corrected chi connectivity index (χ2v) is 3.11. The van der Waals surface area contributed by atoms with E-state index >= 15 is 0 Å². The summed E-state index contributed by atoms with van der Waals surface area (Å²) in [6.07, 6.45) is -4.81. The van der Waals surface area contributed by atoms with Crippen LogP contribution in [0.2, 0.25) is 0 Å². The van der Waals surface area contributed by atoms with E-state index in [0.29, 0.717) is 0 Å². The predicted octanol–water partition coefficient (Wildman–Crippen LogP) is 1.25. The van der Waals surface area contributed by atoms with E-state index in [1.807, 2.05) is 0 Å². The average molecular weight is 236 g/mol. The first-order valence-corrected chi connectivity index (χ1v) is 4.38. The molecule has 0 heterocycles. The first kappa shape index (κ1) is 12.6. The van der Waals surface area contributed by atoms with E-state index in [4.69, 9.17) is 16.6 Å². The van der Waals surface area contributed by atoms with Crippen LogP contribution in [-0.2, 0) is 0 Å². The topological polar surface area (TPSA) is 81.5 Å². The monoisotopic (exact) mass is 236 g/mol. The smallest absolute Gasteiger partial charge is 0.508 e. The Kier molecular flexibility index (Phi) is 3.61. The molecule has 0 aliphatic rings. The molecule has 0 aliphatic carbocycles. The van der Waals surface area contributed by atoms with Crippen molar-refractivity contribution >= 4 is 0 Å². The van der Waals surface area contributed by atoms with Gasteiger partial charge in [0, 0.05) is 18.2 Å². The summed E-state index contributed by atoms with van der Waals surface area (Å²) in [6.45, 7) is -0.0579. The van der Waals surface area contributed by atoms with Gasteiger partial charge in [-0.25, -0.2) is 0 Å². The average Bonchev–Trinajstić information content (AvgIpc) is 2.17. The zero-order valence-corrected chi connectivity index (χ0v) is 8.16. The minimum absolute atomic E-state index is 0.0137. The fourth-order valence-electron chi connectivity index (χ4n) is 1.17. The Morgan fingerprint density at radius 2 is 2.00 bits per heavy atom. The molecule has 0 saturated carbocycles. The lowest BCUT2D eigenvalue weighted by atomic mass is 10.1. The highest BCUT2D eigenvalue weighted by Gasteiger charge is 2.32.